The molecule has 0 aliphatic carbocycles. The zero-order valence-corrected chi connectivity index (χ0v) is 27.0. The number of carbonyl (C=O) groups is 1. The van der Waals surface area contributed by atoms with Crippen molar-refractivity contribution in [2.24, 2.45) is 11.6 Å². The topological polar surface area (TPSA) is 169 Å². The number of hydrogen-bond acceptors (Lipinski definition) is 10. The molecule has 1 aliphatic heterocycles. The molecular weight excluding hydrogens is 552 g/mol. The Bertz CT molecular complexity index is 1030. The van der Waals surface area contributed by atoms with Crippen molar-refractivity contribution in [3.05, 3.63) is 45.0 Å². The van der Waals surface area contributed by atoms with Gasteiger partial charge in [-0.3, -0.25) is 19.1 Å². The first-order chi connectivity index (χ1) is 20.6. The van der Waals surface area contributed by atoms with Gasteiger partial charge >= 0.3 is 11.7 Å². The number of aliphatic hydroxyl groups is 1. The molecule has 0 saturated carbocycles. The SMILES string of the molecule is CCCCCCCCC(CCCCCC)OC(=O)CN(N)/C=C(\N)CO.CN(C)CC1CCC(n2ccc(=O)[nH]c2=O)O1. The van der Waals surface area contributed by atoms with Gasteiger partial charge < -0.3 is 30.2 Å². The Morgan fingerprint density at radius 2 is 1.70 bits per heavy atom. The van der Waals surface area contributed by atoms with Crippen molar-refractivity contribution in [2.75, 3.05) is 33.8 Å². The van der Waals surface area contributed by atoms with Crippen LogP contribution in [-0.4, -0.2) is 76.5 Å². The quantitative estimate of drug-likeness (QED) is 0.0743. The number of likely N-dealkylation sites (N-methyl/N-ethyl adjacent to an activating group) is 1. The van der Waals surface area contributed by atoms with Gasteiger partial charge in [-0.1, -0.05) is 65.2 Å². The number of hydrogen-bond donors (Lipinski definition) is 4. The van der Waals surface area contributed by atoms with Crippen LogP contribution in [0.25, 0.3) is 0 Å². The van der Waals surface area contributed by atoms with Gasteiger partial charge in [0.05, 0.1) is 18.4 Å². The van der Waals surface area contributed by atoms with Crippen LogP contribution in [0, 0.1) is 0 Å². The molecule has 12 heteroatoms. The van der Waals surface area contributed by atoms with Gasteiger partial charge in [0.25, 0.3) is 5.56 Å². The monoisotopic (exact) mass is 610 g/mol. The molecular formula is C31H58N6O6. The van der Waals surface area contributed by atoms with Crippen molar-refractivity contribution >= 4 is 5.97 Å². The largest absolute Gasteiger partial charge is 0.461 e. The Morgan fingerprint density at radius 1 is 1.09 bits per heavy atom. The first-order valence-electron chi connectivity index (χ1n) is 16.0. The molecule has 43 heavy (non-hydrogen) atoms. The van der Waals surface area contributed by atoms with Crippen LogP contribution in [0.5, 0.6) is 0 Å². The Hall–Kier alpha value is -2.67. The number of H-pyrrole nitrogens is 1. The van der Waals surface area contributed by atoms with Crippen LogP contribution in [-0.2, 0) is 14.3 Å². The summed E-state index contributed by atoms with van der Waals surface area (Å²) in [5, 5.41) is 10.0. The summed E-state index contributed by atoms with van der Waals surface area (Å²) in [6.07, 6.45) is 18.3. The molecule has 0 aromatic carbocycles. The second-order valence-electron chi connectivity index (χ2n) is 11.6. The molecule has 2 rings (SSSR count). The minimum atomic E-state index is -0.409. The van der Waals surface area contributed by atoms with E-state index in [4.69, 9.17) is 26.2 Å². The number of nitrogens with one attached hydrogen (secondary N) is 1. The predicted molar refractivity (Wildman–Crippen MR) is 170 cm³/mol. The average molecular weight is 611 g/mol. The second kappa shape index (κ2) is 22.8. The summed E-state index contributed by atoms with van der Waals surface area (Å²) >= 11 is 0. The number of aromatic amines is 1. The number of esters is 1. The van der Waals surface area contributed by atoms with E-state index in [-0.39, 0.29) is 48.8 Å². The van der Waals surface area contributed by atoms with E-state index in [2.05, 4.69) is 23.7 Å². The predicted octanol–water partition coefficient (Wildman–Crippen LogP) is 3.36. The lowest BCUT2D eigenvalue weighted by Gasteiger charge is -2.20. The lowest BCUT2D eigenvalue weighted by atomic mass is 10.0. The molecule has 12 nitrogen and oxygen atoms in total. The van der Waals surface area contributed by atoms with Gasteiger partial charge in [0.1, 0.15) is 18.9 Å². The van der Waals surface area contributed by atoms with Gasteiger partial charge in [-0.05, 0) is 52.6 Å². The Labute approximate surface area is 257 Å². The molecule has 0 bridgehead atoms. The average Bonchev–Trinajstić information content (AvgIpc) is 3.40. The van der Waals surface area contributed by atoms with Crippen molar-refractivity contribution in [1.29, 1.82) is 0 Å². The highest BCUT2D eigenvalue weighted by atomic mass is 16.5. The molecule has 1 saturated heterocycles. The molecule has 0 radical (unpaired) electrons. The summed E-state index contributed by atoms with van der Waals surface area (Å²) in [4.78, 5) is 38.9. The van der Waals surface area contributed by atoms with Crippen LogP contribution < -0.4 is 22.8 Å². The molecule has 0 spiro atoms. The first kappa shape index (κ1) is 38.4. The molecule has 3 unspecified atom stereocenters. The zero-order chi connectivity index (χ0) is 32.0. The maximum absolute atomic E-state index is 12.1. The van der Waals surface area contributed by atoms with E-state index in [1.54, 1.807) is 0 Å². The molecule has 2 heterocycles. The van der Waals surface area contributed by atoms with Crippen LogP contribution in [0.3, 0.4) is 0 Å². The molecule has 3 atom stereocenters. The van der Waals surface area contributed by atoms with Gasteiger partial charge in [0.2, 0.25) is 0 Å². The normalized spacial score (nSPS) is 17.4. The fourth-order valence-electron chi connectivity index (χ4n) is 4.97. The Morgan fingerprint density at radius 3 is 2.28 bits per heavy atom. The van der Waals surface area contributed by atoms with Crippen LogP contribution >= 0.6 is 0 Å². The maximum Gasteiger partial charge on any atom is 0.330 e. The fraction of sp³-hybridized carbons (Fsp3) is 0.774. The van der Waals surface area contributed by atoms with Crippen LogP contribution in [0.15, 0.2) is 33.7 Å². The third kappa shape index (κ3) is 17.9. The van der Waals surface area contributed by atoms with Gasteiger partial charge in [-0.15, -0.1) is 0 Å². The number of rotatable bonds is 20. The Kier molecular flexibility index (Phi) is 20.3. The lowest BCUT2D eigenvalue weighted by Crippen LogP contribution is -2.35. The number of nitrogens with zero attached hydrogens (tertiary/aromatic N) is 3. The highest BCUT2D eigenvalue weighted by Crippen LogP contribution is 2.26. The van der Waals surface area contributed by atoms with E-state index in [0.29, 0.717) is 0 Å². The summed E-state index contributed by atoms with van der Waals surface area (Å²) in [5.41, 5.74) is 4.92. The fourth-order valence-corrected chi connectivity index (χ4v) is 4.97. The van der Waals surface area contributed by atoms with Crippen LogP contribution in [0.1, 0.15) is 110 Å². The highest BCUT2D eigenvalue weighted by molar-refractivity contribution is 5.71. The van der Waals surface area contributed by atoms with Gasteiger partial charge in [0.15, 0.2) is 0 Å². The van der Waals surface area contributed by atoms with Gasteiger partial charge in [-0.2, -0.15) is 0 Å². The van der Waals surface area contributed by atoms with E-state index in [1.165, 1.54) is 74.4 Å². The highest BCUT2D eigenvalue weighted by Gasteiger charge is 2.27. The number of ether oxygens (including phenoxy) is 2. The summed E-state index contributed by atoms with van der Waals surface area (Å²) < 4.78 is 12.9. The number of unbranched alkanes of at least 4 members (excludes halogenated alkanes) is 8. The number of aliphatic hydroxyl groups excluding tert-OH is 1. The van der Waals surface area contributed by atoms with E-state index >= 15 is 0 Å². The van der Waals surface area contributed by atoms with Crippen LogP contribution in [0.2, 0.25) is 0 Å². The molecule has 1 aliphatic rings. The van der Waals surface area contributed by atoms with E-state index in [1.807, 2.05) is 14.1 Å². The lowest BCUT2D eigenvalue weighted by molar-refractivity contribution is -0.150. The van der Waals surface area contributed by atoms with E-state index in [0.717, 1.165) is 50.1 Å². The summed E-state index contributed by atoms with van der Waals surface area (Å²) in [5.74, 6) is 5.35. The minimum Gasteiger partial charge on any atom is -0.461 e. The summed E-state index contributed by atoms with van der Waals surface area (Å²) in [7, 11) is 3.98. The molecule has 0 amide bonds. The summed E-state index contributed by atoms with van der Waals surface area (Å²) in [6.45, 7) is 4.89. The molecule has 1 aromatic rings. The number of aromatic nitrogens is 2. The van der Waals surface area contributed by atoms with Crippen molar-refractivity contribution in [3.63, 3.8) is 0 Å². The standard InChI is InChI=1S/C20H41N3O3.C11H17N3O3/c1-3-5-7-9-10-12-14-19(13-11-8-6-4-2)26-20(25)16-23(22)15-18(21)17-24;1-13(2)7-8-3-4-10(17-8)14-6-5-9(15)12-11(14)16/h15,19,24H,3-14,16-17,21-22H2,1-2H3;5-6,8,10H,3-4,7H2,1-2H3,(H,12,15,16)/b18-15-;. The van der Waals surface area contributed by atoms with Gasteiger partial charge in [-0.25, -0.2) is 10.6 Å². The van der Waals surface area contributed by atoms with Crippen molar-refractivity contribution in [1.82, 2.24) is 19.5 Å². The van der Waals surface area contributed by atoms with Crippen molar-refractivity contribution < 1.29 is 19.4 Å². The van der Waals surface area contributed by atoms with Crippen molar-refractivity contribution in [2.45, 2.75) is 122 Å². The summed E-state index contributed by atoms with van der Waals surface area (Å²) in [6, 6.07) is 1.34. The smallest absolute Gasteiger partial charge is 0.330 e. The van der Waals surface area contributed by atoms with E-state index < -0.39 is 5.69 Å². The van der Waals surface area contributed by atoms with Gasteiger partial charge in [0, 0.05) is 25.0 Å². The maximum atomic E-state index is 12.1. The molecule has 6 N–H and O–H groups in total. The zero-order valence-electron chi connectivity index (χ0n) is 27.0. The second-order valence-corrected chi connectivity index (χ2v) is 11.6. The molecule has 1 aromatic heterocycles. The third-order valence-corrected chi connectivity index (χ3v) is 7.20. The Balaban J connectivity index is 0.000000465. The number of carbonyl (C=O) groups excluding carboxylic acids is 1. The first-order valence-corrected chi connectivity index (χ1v) is 16.0. The van der Waals surface area contributed by atoms with Crippen LogP contribution in [0.4, 0.5) is 0 Å². The number of hydrazine groups is 1. The minimum absolute atomic E-state index is 0.0295. The molecule has 1 fully saturated rings. The van der Waals surface area contributed by atoms with E-state index in [9.17, 15) is 14.4 Å². The molecule has 248 valence electrons. The number of nitrogens with two attached hydrogens (primary N) is 2. The van der Waals surface area contributed by atoms with Crippen molar-refractivity contribution in [3.8, 4) is 0 Å². The third-order valence-electron chi connectivity index (χ3n) is 7.20.